The third kappa shape index (κ3) is 6.81. The van der Waals surface area contributed by atoms with Gasteiger partial charge >= 0.3 is 17.1 Å². The van der Waals surface area contributed by atoms with Crippen molar-refractivity contribution in [3.63, 3.8) is 0 Å². The second-order valence-corrected chi connectivity index (χ2v) is 16.0. The maximum atomic E-state index is 12.8. The Morgan fingerprint density at radius 2 is 1.26 bits per heavy atom. The van der Waals surface area contributed by atoms with Crippen LogP contribution in [0.3, 0.4) is 0 Å². The second kappa shape index (κ2) is 12.9. The minimum absolute atomic E-state index is 0.0594. The average Bonchev–Trinajstić information content (AvgIpc) is 3.30. The number of hydrogen-bond donors (Lipinski definition) is 1. The summed E-state index contributed by atoms with van der Waals surface area (Å²) in [5.74, 6) is -3.94. The molecule has 0 radical (unpaired) electrons. The van der Waals surface area contributed by atoms with Gasteiger partial charge < -0.3 is 14.4 Å². The molecule has 1 N–H and O–H groups in total. The summed E-state index contributed by atoms with van der Waals surface area (Å²) in [5, 5.41) is 7.04. The Kier molecular flexibility index (Phi) is 9.58. The van der Waals surface area contributed by atoms with E-state index in [1.807, 2.05) is 0 Å². The van der Waals surface area contributed by atoms with Crippen LogP contribution in [0.4, 0.5) is 17.6 Å². The van der Waals surface area contributed by atoms with Gasteiger partial charge in [0, 0.05) is 28.2 Å². The van der Waals surface area contributed by atoms with E-state index in [4.69, 9.17) is 0 Å². The number of fused-ring (bicyclic) bond motifs is 3. The first-order chi connectivity index (χ1) is 21.5. The summed E-state index contributed by atoms with van der Waals surface area (Å²) in [5.41, 5.74) is -0.200. The second-order valence-electron chi connectivity index (χ2n) is 12.6. The molecule has 3 aromatic carbocycles. The van der Waals surface area contributed by atoms with Crippen LogP contribution in [0.25, 0.3) is 25.1 Å². The van der Waals surface area contributed by atoms with Crippen LogP contribution < -0.4 is 0 Å². The highest BCUT2D eigenvalue weighted by Gasteiger charge is 2.66. The van der Waals surface area contributed by atoms with E-state index in [9.17, 15) is 40.4 Å². The Morgan fingerprint density at radius 1 is 0.848 bits per heavy atom. The molecular formula is C34H36F4O6S2. The molecule has 1 atom stereocenters. The number of rotatable bonds is 5. The Bertz CT molecular complexity index is 1720. The van der Waals surface area contributed by atoms with Crippen molar-refractivity contribution in [1.29, 1.82) is 0 Å². The van der Waals surface area contributed by atoms with Crippen molar-refractivity contribution in [3.05, 3.63) is 78.9 Å². The topological polar surface area (TPSA) is 104 Å². The van der Waals surface area contributed by atoms with E-state index >= 15 is 0 Å². The van der Waals surface area contributed by atoms with E-state index in [-0.39, 0.29) is 16.1 Å². The highest BCUT2D eigenvalue weighted by atomic mass is 32.2. The fraction of sp³-hybridized carbons (Fsp3) is 0.441. The van der Waals surface area contributed by atoms with Crippen molar-refractivity contribution in [2.75, 3.05) is 0 Å². The van der Waals surface area contributed by atoms with Crippen LogP contribution in [0.1, 0.15) is 52.4 Å². The number of benzene rings is 3. The number of aliphatic hydroxyl groups is 1. The lowest BCUT2D eigenvalue weighted by atomic mass is 9.54. The Hall–Kier alpha value is -3.06. The van der Waals surface area contributed by atoms with Gasteiger partial charge in [0.1, 0.15) is 0 Å². The molecule has 4 aliphatic carbocycles. The molecule has 1 aromatic heterocycles. The number of esters is 1. The van der Waals surface area contributed by atoms with Gasteiger partial charge in [0.2, 0.25) is 0 Å². The van der Waals surface area contributed by atoms with Gasteiger partial charge in [-0.05, 0) is 99.6 Å². The molecule has 0 amide bonds. The third-order valence-electron chi connectivity index (χ3n) is 9.04. The highest BCUT2D eigenvalue weighted by Crippen LogP contribution is 2.55. The van der Waals surface area contributed by atoms with Gasteiger partial charge in [-0.3, -0.25) is 4.79 Å². The van der Waals surface area contributed by atoms with Crippen LogP contribution in [0.5, 0.6) is 0 Å². The molecule has 0 spiro atoms. The highest BCUT2D eigenvalue weighted by molar-refractivity contribution is 7.86. The van der Waals surface area contributed by atoms with E-state index in [0.29, 0.717) is 13.8 Å². The molecule has 248 valence electrons. The van der Waals surface area contributed by atoms with Gasteiger partial charge in [-0.1, -0.05) is 42.5 Å². The molecular weight excluding hydrogens is 644 g/mol. The molecule has 8 rings (SSSR count). The summed E-state index contributed by atoms with van der Waals surface area (Å²) in [6, 6.07) is 28.4. The molecule has 4 saturated carbocycles. The normalized spacial score (nSPS) is 24.5. The number of hydrogen-bond acceptors (Lipinski definition) is 6. The summed E-state index contributed by atoms with van der Waals surface area (Å²) >= 11 is 0. The van der Waals surface area contributed by atoms with Gasteiger partial charge in [-0.25, -0.2) is 8.42 Å². The number of carbonyl (C=O) groups is 1. The van der Waals surface area contributed by atoms with Crippen molar-refractivity contribution in [3.8, 4) is 4.90 Å². The lowest BCUT2D eigenvalue weighted by Crippen LogP contribution is -2.54. The molecule has 4 aliphatic rings. The minimum atomic E-state index is -6.57. The van der Waals surface area contributed by atoms with Crippen molar-refractivity contribution >= 4 is 46.7 Å². The summed E-state index contributed by atoms with van der Waals surface area (Å²) in [4.78, 5) is 11.7. The van der Waals surface area contributed by atoms with Gasteiger partial charge in [0.05, 0.1) is 5.60 Å². The summed E-state index contributed by atoms with van der Waals surface area (Å²) in [7, 11) is -6.51. The first kappa shape index (κ1) is 34.3. The van der Waals surface area contributed by atoms with Crippen LogP contribution in [0.15, 0.2) is 78.9 Å². The number of halogens is 4. The van der Waals surface area contributed by atoms with Gasteiger partial charge in [0.15, 0.2) is 30.5 Å². The Labute approximate surface area is 268 Å². The molecule has 4 fully saturated rings. The number of carbonyl (C=O) groups excluding carboxylic acids is 1. The molecule has 6 nitrogen and oxygen atoms in total. The zero-order chi connectivity index (χ0) is 33.5. The van der Waals surface area contributed by atoms with E-state index in [1.54, 1.807) is 0 Å². The first-order valence-electron chi connectivity index (χ1n) is 15.1. The molecule has 4 aromatic rings. The summed E-state index contributed by atoms with van der Waals surface area (Å²) in [6.07, 6.45) is 4.92. The van der Waals surface area contributed by atoms with Crippen LogP contribution in [0.2, 0.25) is 0 Å². The number of alkyl halides is 4. The van der Waals surface area contributed by atoms with Crippen molar-refractivity contribution in [2.45, 2.75) is 75.3 Å². The quantitative estimate of drug-likeness (QED) is 0.0983. The van der Waals surface area contributed by atoms with Crippen molar-refractivity contribution in [1.82, 2.24) is 0 Å². The van der Waals surface area contributed by atoms with Crippen molar-refractivity contribution < 1.29 is 45.2 Å². The Balaban J connectivity index is 0.000000141. The molecule has 1 heterocycles. The third-order valence-corrected chi connectivity index (χ3v) is 12.3. The summed E-state index contributed by atoms with van der Waals surface area (Å²) in [6.45, 7) is 1.01. The lowest BCUT2D eigenvalue weighted by molar-refractivity contribution is -0.222. The molecule has 4 bridgehead atoms. The fourth-order valence-corrected chi connectivity index (χ4v) is 10.4. The largest absolute Gasteiger partial charge is 0.743 e. The van der Waals surface area contributed by atoms with Crippen LogP contribution in [0, 0.1) is 17.8 Å². The molecule has 0 aliphatic heterocycles. The summed E-state index contributed by atoms with van der Waals surface area (Å²) < 4.78 is 87.3. The monoisotopic (exact) mass is 680 g/mol. The smallest absolute Gasteiger partial charge is 0.400 e. The maximum absolute atomic E-state index is 12.8. The minimum Gasteiger partial charge on any atom is -0.743 e. The molecule has 1 unspecified atom stereocenters. The van der Waals surface area contributed by atoms with E-state index < -0.39 is 33.4 Å². The van der Waals surface area contributed by atoms with Gasteiger partial charge in [-0.2, -0.15) is 17.6 Å². The zero-order valence-electron chi connectivity index (χ0n) is 25.4. The zero-order valence-corrected chi connectivity index (χ0v) is 27.0. The van der Waals surface area contributed by atoms with Crippen LogP contribution in [-0.4, -0.2) is 46.9 Å². The lowest BCUT2D eigenvalue weighted by Gasteiger charge is -2.54. The van der Waals surface area contributed by atoms with E-state index in [1.165, 1.54) is 44.3 Å². The predicted octanol–water partition coefficient (Wildman–Crippen LogP) is 8.39. The number of ether oxygens (including phenoxy) is 1. The predicted molar refractivity (Wildman–Crippen MR) is 169 cm³/mol. The molecule has 12 heteroatoms. The Morgan fingerprint density at radius 3 is 1.65 bits per heavy atom. The molecule has 0 saturated heterocycles. The maximum Gasteiger partial charge on any atom is 0.400 e. The average molecular weight is 681 g/mol. The fourth-order valence-electron chi connectivity index (χ4n) is 7.45. The van der Waals surface area contributed by atoms with Gasteiger partial charge in [-0.15, -0.1) is 0 Å². The van der Waals surface area contributed by atoms with E-state index in [0.717, 1.165) is 37.0 Å². The number of thiophene rings is 1. The van der Waals surface area contributed by atoms with Crippen LogP contribution in [-0.2, 0) is 19.6 Å². The van der Waals surface area contributed by atoms with Crippen molar-refractivity contribution in [2.24, 2.45) is 17.8 Å². The SMILES string of the molecule is CC(=O)OC(C)C(F)(F)C(F)(F)S(=O)(=O)[O-].OC12CC3CC(CC(C3)C1)C2.c1ccc(-[s+]2c3ccccc3c3ccccc32)cc1. The first-order valence-corrected chi connectivity index (χ1v) is 17.7. The van der Waals surface area contributed by atoms with E-state index in [2.05, 4.69) is 83.6 Å². The van der Waals surface area contributed by atoms with Crippen LogP contribution >= 0.6 is 10.5 Å². The molecule has 46 heavy (non-hydrogen) atoms. The standard InChI is InChI=1S/C18H13S.C10H16O.C6H8F4O5S/c1-2-8-14(9-3-1)19-17-12-6-4-10-15(17)16-11-5-7-13-18(16)19;11-10-4-7-1-8(5-10)3-9(2-7)6-10;1-3(15-4(2)11)5(7,8)6(9,10)16(12,13)14/h1-13H;7-9,11H,1-6H2;3H,1-2H3,(H,12,13,14)/q+1;;/p-1. The van der Waals surface area contributed by atoms with Gasteiger partial charge in [0.25, 0.3) is 0 Å².